The highest BCUT2D eigenvalue weighted by molar-refractivity contribution is 8.21. The lowest BCUT2D eigenvalue weighted by molar-refractivity contribution is -0.142. The second-order valence-electron chi connectivity index (χ2n) is 11.0. The first-order valence-corrected chi connectivity index (χ1v) is 15.3. The van der Waals surface area contributed by atoms with E-state index in [1.807, 2.05) is 49.2 Å². The molecule has 1 atom stereocenters. The molecule has 3 N–H and O–H groups in total. The van der Waals surface area contributed by atoms with E-state index in [1.54, 1.807) is 10.4 Å². The zero-order valence-electron chi connectivity index (χ0n) is 22.3. The number of likely N-dealkylation sites (tertiary alicyclic amines) is 2. The van der Waals surface area contributed by atoms with Gasteiger partial charge in [-0.2, -0.15) is 0 Å². The van der Waals surface area contributed by atoms with Crippen LogP contribution in [0.15, 0.2) is 0 Å². The number of hydroxylamine groups is 1. The average Bonchev–Trinajstić information content (AvgIpc) is 3.48. The van der Waals surface area contributed by atoms with Gasteiger partial charge in [0.1, 0.15) is 11.6 Å². The summed E-state index contributed by atoms with van der Waals surface area (Å²) in [6.45, 7) is 7.59. The Kier molecular flexibility index (Phi) is 10.8. The molecule has 0 aromatic heterocycles. The van der Waals surface area contributed by atoms with Gasteiger partial charge < -0.3 is 19.9 Å². The third kappa shape index (κ3) is 8.68. The molecule has 0 bridgehead atoms. The van der Waals surface area contributed by atoms with Gasteiger partial charge in [0.2, 0.25) is 17.7 Å². The van der Waals surface area contributed by atoms with Crippen molar-refractivity contribution in [1.29, 1.82) is 0 Å². The molecule has 3 fully saturated rings. The Morgan fingerprint density at radius 2 is 1.68 bits per heavy atom. The SMILES string of the molecule is CC(C)(C)OC(=O)N1CCC(C(=O)N2CC3(C[C@H]2C(=O)NCCCCCCC(=O)NO)SCCS3)CC1. The van der Waals surface area contributed by atoms with Crippen LogP contribution < -0.4 is 10.8 Å². The Labute approximate surface area is 228 Å². The fourth-order valence-corrected chi connectivity index (χ4v) is 8.29. The number of ether oxygens (including phenoxy) is 1. The predicted octanol–water partition coefficient (Wildman–Crippen LogP) is 2.98. The van der Waals surface area contributed by atoms with Gasteiger partial charge in [-0.3, -0.25) is 19.6 Å². The number of unbranched alkanes of at least 4 members (excludes halogenated alkanes) is 3. The molecule has 0 aliphatic carbocycles. The lowest BCUT2D eigenvalue weighted by Gasteiger charge is -2.35. The van der Waals surface area contributed by atoms with Crippen molar-refractivity contribution in [3.63, 3.8) is 0 Å². The molecule has 3 saturated heterocycles. The maximum Gasteiger partial charge on any atom is 0.410 e. The summed E-state index contributed by atoms with van der Waals surface area (Å²) in [5.74, 6) is 1.41. The number of amides is 4. The number of rotatable bonds is 9. The van der Waals surface area contributed by atoms with Crippen LogP contribution in [0.5, 0.6) is 0 Å². The van der Waals surface area contributed by atoms with E-state index in [0.29, 0.717) is 51.9 Å². The van der Waals surface area contributed by atoms with Gasteiger partial charge >= 0.3 is 6.09 Å². The first-order valence-electron chi connectivity index (χ1n) is 13.3. The van der Waals surface area contributed by atoms with Crippen molar-refractivity contribution in [2.75, 3.05) is 37.7 Å². The van der Waals surface area contributed by atoms with Crippen LogP contribution >= 0.6 is 23.5 Å². The summed E-state index contributed by atoms with van der Waals surface area (Å²) in [5.41, 5.74) is 1.08. The molecule has 0 aromatic carbocycles. The summed E-state index contributed by atoms with van der Waals surface area (Å²) in [6, 6.07) is -0.470. The monoisotopic (exact) mass is 558 g/mol. The summed E-state index contributed by atoms with van der Waals surface area (Å²) >= 11 is 3.72. The van der Waals surface area contributed by atoms with Gasteiger partial charge in [0.15, 0.2) is 0 Å². The topological polar surface area (TPSA) is 128 Å². The second-order valence-corrected chi connectivity index (χ2v) is 14.2. The minimum absolute atomic E-state index is 0.0242. The van der Waals surface area contributed by atoms with Crippen LogP contribution in [0.3, 0.4) is 0 Å². The van der Waals surface area contributed by atoms with Crippen molar-refractivity contribution in [3.05, 3.63) is 0 Å². The summed E-state index contributed by atoms with van der Waals surface area (Å²) in [4.78, 5) is 53.8. The van der Waals surface area contributed by atoms with E-state index >= 15 is 0 Å². The fourth-order valence-electron chi connectivity index (χ4n) is 5.03. The van der Waals surface area contributed by atoms with Crippen LogP contribution in [0.2, 0.25) is 0 Å². The number of nitrogens with zero attached hydrogens (tertiary/aromatic N) is 2. The van der Waals surface area contributed by atoms with Crippen LogP contribution in [-0.2, 0) is 19.1 Å². The van der Waals surface area contributed by atoms with Crippen molar-refractivity contribution in [1.82, 2.24) is 20.6 Å². The van der Waals surface area contributed by atoms with Crippen LogP contribution in [0.4, 0.5) is 4.79 Å². The Morgan fingerprint density at radius 3 is 2.30 bits per heavy atom. The maximum absolute atomic E-state index is 13.6. The standard InChI is InChI=1S/C25H42N4O6S2/c1-24(2,3)35-23(33)28-12-9-18(10-13-28)22(32)29-17-25(36-14-15-37-25)16-19(29)21(31)26-11-7-5-4-6-8-20(30)27-34/h18-19,34H,4-17H2,1-3H3,(H,26,31)(H,27,30)/t19-/m0/s1. The molecule has 3 rings (SSSR count). The Bertz CT molecular complexity index is 822. The smallest absolute Gasteiger partial charge is 0.410 e. The number of nitrogens with one attached hydrogen (secondary N) is 2. The number of thioether (sulfide) groups is 2. The average molecular weight is 559 g/mol. The van der Waals surface area contributed by atoms with Crippen LogP contribution in [0.1, 0.15) is 72.1 Å². The van der Waals surface area contributed by atoms with Gasteiger partial charge in [0.25, 0.3) is 0 Å². The van der Waals surface area contributed by atoms with E-state index in [2.05, 4.69) is 5.32 Å². The number of carbonyl (C=O) groups is 4. The third-order valence-electron chi connectivity index (χ3n) is 6.94. The molecule has 1 spiro atoms. The first kappa shape index (κ1) is 29.9. The highest BCUT2D eigenvalue weighted by atomic mass is 32.2. The maximum atomic E-state index is 13.6. The van der Waals surface area contributed by atoms with Crippen LogP contribution in [0, 0.1) is 5.92 Å². The molecule has 0 radical (unpaired) electrons. The molecule has 210 valence electrons. The molecular formula is C25H42N4O6S2. The summed E-state index contributed by atoms with van der Waals surface area (Å²) in [7, 11) is 0. The van der Waals surface area contributed by atoms with Crippen molar-refractivity contribution >= 4 is 47.3 Å². The highest BCUT2D eigenvalue weighted by Crippen LogP contribution is 2.52. The van der Waals surface area contributed by atoms with Crippen molar-refractivity contribution in [2.45, 2.75) is 87.9 Å². The zero-order valence-corrected chi connectivity index (χ0v) is 23.9. The molecule has 0 aromatic rings. The molecule has 0 saturated carbocycles. The molecule has 4 amide bonds. The predicted molar refractivity (Wildman–Crippen MR) is 144 cm³/mol. The molecule has 3 aliphatic heterocycles. The molecule has 10 nitrogen and oxygen atoms in total. The van der Waals surface area contributed by atoms with E-state index in [4.69, 9.17) is 9.94 Å². The summed E-state index contributed by atoms with van der Waals surface area (Å²) in [6.07, 6.45) is 4.96. The van der Waals surface area contributed by atoms with Crippen LogP contribution in [-0.4, -0.2) is 92.2 Å². The van der Waals surface area contributed by atoms with Gasteiger partial charge in [-0.1, -0.05) is 12.8 Å². The zero-order chi connectivity index (χ0) is 27.1. The summed E-state index contributed by atoms with van der Waals surface area (Å²) in [5, 5.41) is 11.6. The number of hydrogen-bond donors (Lipinski definition) is 3. The quantitative estimate of drug-likeness (QED) is 0.224. The van der Waals surface area contributed by atoms with Gasteiger partial charge in [-0.05, 0) is 46.5 Å². The highest BCUT2D eigenvalue weighted by Gasteiger charge is 2.52. The van der Waals surface area contributed by atoms with Crippen molar-refractivity contribution in [2.24, 2.45) is 5.92 Å². The lowest BCUT2D eigenvalue weighted by Crippen LogP contribution is -2.50. The first-order chi connectivity index (χ1) is 17.5. The molecule has 0 unspecified atom stereocenters. The van der Waals surface area contributed by atoms with Gasteiger partial charge in [-0.25, -0.2) is 10.3 Å². The molecular weight excluding hydrogens is 516 g/mol. The van der Waals surface area contributed by atoms with Crippen molar-refractivity contribution < 1.29 is 29.1 Å². The van der Waals surface area contributed by atoms with Crippen LogP contribution in [0.25, 0.3) is 0 Å². The van der Waals surface area contributed by atoms with E-state index < -0.39 is 11.6 Å². The molecule has 12 heteroatoms. The van der Waals surface area contributed by atoms with E-state index in [-0.39, 0.29) is 40.2 Å². The third-order valence-corrected chi connectivity index (χ3v) is 10.4. The van der Waals surface area contributed by atoms with Gasteiger partial charge in [-0.15, -0.1) is 23.5 Å². The minimum Gasteiger partial charge on any atom is -0.444 e. The largest absolute Gasteiger partial charge is 0.444 e. The minimum atomic E-state index is -0.554. The van der Waals surface area contributed by atoms with E-state index in [9.17, 15) is 19.2 Å². The van der Waals surface area contributed by atoms with Gasteiger partial charge in [0.05, 0.1) is 4.08 Å². The molecule has 3 heterocycles. The Hall–Kier alpha value is -1.66. The van der Waals surface area contributed by atoms with Crippen molar-refractivity contribution in [3.8, 4) is 0 Å². The number of hydrogen-bond acceptors (Lipinski definition) is 8. The number of piperidine rings is 1. The van der Waals surface area contributed by atoms with E-state index in [0.717, 1.165) is 30.8 Å². The van der Waals surface area contributed by atoms with E-state index in [1.165, 1.54) is 0 Å². The normalized spacial score (nSPS) is 21.8. The Balaban J connectivity index is 1.50. The molecule has 37 heavy (non-hydrogen) atoms. The lowest BCUT2D eigenvalue weighted by atomic mass is 9.95. The summed E-state index contributed by atoms with van der Waals surface area (Å²) < 4.78 is 5.36. The Morgan fingerprint density at radius 1 is 1.03 bits per heavy atom. The number of carbonyl (C=O) groups excluding carboxylic acids is 4. The second kappa shape index (κ2) is 13.4. The fraction of sp³-hybridized carbons (Fsp3) is 0.840. The van der Waals surface area contributed by atoms with Gasteiger partial charge in [0, 0.05) is 56.4 Å². The molecule has 3 aliphatic rings.